The first kappa shape index (κ1) is 11.9. The van der Waals surface area contributed by atoms with Gasteiger partial charge in [0.25, 0.3) is 5.91 Å². The molecule has 0 radical (unpaired) electrons. The molecule has 5 nitrogen and oxygen atoms in total. The maximum atomic E-state index is 11.8. The van der Waals surface area contributed by atoms with Gasteiger partial charge in [0, 0.05) is 6.20 Å². The van der Waals surface area contributed by atoms with Crippen LogP contribution in [0.5, 0.6) is 5.75 Å². The van der Waals surface area contributed by atoms with Crippen molar-refractivity contribution in [2.45, 2.75) is 37.8 Å². The predicted octanol–water partition coefficient (Wildman–Crippen LogP) is 0.820. The number of amides is 1. The fourth-order valence-corrected chi connectivity index (χ4v) is 2.08. The number of hydrogen-bond acceptors (Lipinski definition) is 4. The van der Waals surface area contributed by atoms with Crippen molar-refractivity contribution in [2.75, 3.05) is 0 Å². The van der Waals surface area contributed by atoms with Crippen molar-refractivity contribution in [3.63, 3.8) is 0 Å². The van der Waals surface area contributed by atoms with E-state index in [1.165, 1.54) is 18.5 Å². The summed E-state index contributed by atoms with van der Waals surface area (Å²) < 4.78 is 0. The number of hydrogen-bond donors (Lipinski definition) is 3. The summed E-state index contributed by atoms with van der Waals surface area (Å²) >= 11 is 0. The minimum absolute atomic E-state index is 0.0400. The molecule has 1 fully saturated rings. The van der Waals surface area contributed by atoms with Crippen molar-refractivity contribution >= 4 is 5.91 Å². The van der Waals surface area contributed by atoms with E-state index in [4.69, 9.17) is 0 Å². The third-order valence-corrected chi connectivity index (χ3v) is 3.03. The molecular weight excluding hydrogens is 220 g/mol. The van der Waals surface area contributed by atoms with Gasteiger partial charge in [-0.3, -0.25) is 9.78 Å². The Bertz CT molecular complexity index is 408. The molecule has 1 aliphatic rings. The number of aromatic nitrogens is 1. The summed E-state index contributed by atoms with van der Waals surface area (Å²) in [6.45, 7) is 0. The molecule has 2 atom stereocenters. The van der Waals surface area contributed by atoms with Crippen molar-refractivity contribution in [3.8, 4) is 5.75 Å². The monoisotopic (exact) mass is 236 g/mol. The SMILES string of the molecule is O=C(NC1CCCCC1O)c1cncc(O)c1. The van der Waals surface area contributed by atoms with Crippen LogP contribution in [0.2, 0.25) is 0 Å². The lowest BCUT2D eigenvalue weighted by Gasteiger charge is -2.28. The van der Waals surface area contributed by atoms with Crippen LogP contribution in [0.1, 0.15) is 36.0 Å². The fraction of sp³-hybridized carbons (Fsp3) is 0.500. The molecule has 2 rings (SSSR count). The number of nitrogens with one attached hydrogen (secondary N) is 1. The van der Waals surface area contributed by atoms with Crippen LogP contribution < -0.4 is 5.32 Å². The topological polar surface area (TPSA) is 82.5 Å². The van der Waals surface area contributed by atoms with Gasteiger partial charge in [-0.2, -0.15) is 0 Å². The second kappa shape index (κ2) is 5.14. The van der Waals surface area contributed by atoms with Crippen LogP contribution in [0.3, 0.4) is 0 Å². The summed E-state index contributed by atoms with van der Waals surface area (Å²) in [6, 6.07) is 1.16. The smallest absolute Gasteiger partial charge is 0.253 e. The number of carbonyl (C=O) groups is 1. The summed E-state index contributed by atoms with van der Waals surface area (Å²) in [6.07, 6.45) is 5.72. The van der Waals surface area contributed by atoms with Gasteiger partial charge >= 0.3 is 0 Å². The van der Waals surface area contributed by atoms with Gasteiger partial charge in [-0.05, 0) is 18.9 Å². The molecule has 1 aromatic rings. The number of aliphatic hydroxyl groups excluding tert-OH is 1. The summed E-state index contributed by atoms with van der Waals surface area (Å²) in [5.41, 5.74) is 0.308. The van der Waals surface area contributed by atoms with Gasteiger partial charge in [0.2, 0.25) is 0 Å². The van der Waals surface area contributed by atoms with Gasteiger partial charge in [0.15, 0.2) is 0 Å². The van der Waals surface area contributed by atoms with Crippen molar-refractivity contribution in [2.24, 2.45) is 0 Å². The molecule has 0 aromatic carbocycles. The van der Waals surface area contributed by atoms with Crippen molar-refractivity contribution < 1.29 is 15.0 Å². The van der Waals surface area contributed by atoms with E-state index in [0.717, 1.165) is 25.7 Å². The summed E-state index contributed by atoms with van der Waals surface area (Å²) in [7, 11) is 0. The number of pyridine rings is 1. The van der Waals surface area contributed by atoms with Crippen molar-refractivity contribution in [1.82, 2.24) is 10.3 Å². The standard InChI is InChI=1S/C12H16N2O3/c15-9-5-8(6-13-7-9)12(17)14-10-3-1-2-4-11(10)16/h5-7,10-11,15-16H,1-4H2,(H,14,17). The van der Waals surface area contributed by atoms with Gasteiger partial charge in [0.05, 0.1) is 23.9 Å². The molecule has 2 unspecified atom stereocenters. The average molecular weight is 236 g/mol. The van der Waals surface area contributed by atoms with E-state index in [0.29, 0.717) is 5.56 Å². The quantitative estimate of drug-likeness (QED) is 0.710. The van der Waals surface area contributed by atoms with E-state index in [1.54, 1.807) is 0 Å². The molecule has 92 valence electrons. The Morgan fingerprint density at radius 2 is 2.12 bits per heavy atom. The minimum Gasteiger partial charge on any atom is -0.506 e. The van der Waals surface area contributed by atoms with Crippen molar-refractivity contribution in [3.05, 3.63) is 24.0 Å². The van der Waals surface area contributed by atoms with Crippen LogP contribution in [0.4, 0.5) is 0 Å². The second-order valence-corrected chi connectivity index (χ2v) is 4.36. The Labute approximate surface area is 99.5 Å². The van der Waals surface area contributed by atoms with Crippen LogP contribution in [0.15, 0.2) is 18.5 Å². The summed E-state index contributed by atoms with van der Waals surface area (Å²) in [4.78, 5) is 15.6. The number of rotatable bonds is 2. The molecular formula is C12H16N2O3. The lowest BCUT2D eigenvalue weighted by molar-refractivity contribution is 0.0717. The highest BCUT2D eigenvalue weighted by molar-refractivity contribution is 5.94. The molecule has 1 amide bonds. The van der Waals surface area contributed by atoms with Gasteiger partial charge in [0.1, 0.15) is 5.75 Å². The Kier molecular flexibility index (Phi) is 3.58. The largest absolute Gasteiger partial charge is 0.506 e. The highest BCUT2D eigenvalue weighted by Crippen LogP contribution is 2.19. The Morgan fingerprint density at radius 1 is 1.35 bits per heavy atom. The molecule has 0 bridgehead atoms. The Balaban J connectivity index is 2.01. The zero-order valence-corrected chi connectivity index (χ0v) is 9.47. The molecule has 1 aliphatic carbocycles. The van der Waals surface area contributed by atoms with Crippen LogP contribution in [-0.2, 0) is 0 Å². The first-order valence-corrected chi connectivity index (χ1v) is 5.80. The molecule has 1 aromatic heterocycles. The van der Waals surface area contributed by atoms with Gasteiger partial charge in [-0.1, -0.05) is 12.8 Å². The lowest BCUT2D eigenvalue weighted by atomic mass is 9.92. The highest BCUT2D eigenvalue weighted by atomic mass is 16.3. The lowest BCUT2D eigenvalue weighted by Crippen LogP contribution is -2.45. The normalized spacial score (nSPS) is 24.3. The number of carbonyl (C=O) groups excluding carboxylic acids is 1. The zero-order chi connectivity index (χ0) is 12.3. The molecule has 17 heavy (non-hydrogen) atoms. The molecule has 1 heterocycles. The number of aromatic hydroxyl groups is 1. The molecule has 0 aliphatic heterocycles. The number of nitrogens with zero attached hydrogens (tertiary/aromatic N) is 1. The highest BCUT2D eigenvalue weighted by Gasteiger charge is 2.24. The van der Waals surface area contributed by atoms with Crippen LogP contribution in [-0.4, -0.2) is 33.3 Å². The average Bonchev–Trinajstić information content (AvgIpc) is 2.32. The first-order valence-electron chi connectivity index (χ1n) is 5.80. The fourth-order valence-electron chi connectivity index (χ4n) is 2.08. The molecule has 5 heteroatoms. The third-order valence-electron chi connectivity index (χ3n) is 3.03. The zero-order valence-electron chi connectivity index (χ0n) is 9.47. The van der Waals surface area contributed by atoms with Crippen LogP contribution >= 0.6 is 0 Å². The minimum atomic E-state index is -0.474. The summed E-state index contributed by atoms with van der Waals surface area (Å²) in [5.74, 6) is -0.346. The Morgan fingerprint density at radius 3 is 2.82 bits per heavy atom. The van der Waals surface area contributed by atoms with Crippen molar-refractivity contribution in [1.29, 1.82) is 0 Å². The van der Waals surface area contributed by atoms with E-state index in [-0.39, 0.29) is 17.7 Å². The van der Waals surface area contributed by atoms with E-state index >= 15 is 0 Å². The molecule has 0 spiro atoms. The maximum absolute atomic E-state index is 11.8. The summed E-state index contributed by atoms with van der Waals surface area (Å²) in [5, 5.41) is 21.7. The van der Waals surface area contributed by atoms with E-state index < -0.39 is 6.10 Å². The Hall–Kier alpha value is -1.62. The maximum Gasteiger partial charge on any atom is 0.253 e. The van der Waals surface area contributed by atoms with Gasteiger partial charge in [-0.25, -0.2) is 0 Å². The van der Waals surface area contributed by atoms with Crippen LogP contribution in [0.25, 0.3) is 0 Å². The second-order valence-electron chi connectivity index (χ2n) is 4.36. The molecule has 1 saturated carbocycles. The van der Waals surface area contributed by atoms with E-state index in [9.17, 15) is 15.0 Å². The van der Waals surface area contributed by atoms with Crippen LogP contribution in [0, 0.1) is 0 Å². The van der Waals surface area contributed by atoms with Gasteiger partial charge in [-0.15, -0.1) is 0 Å². The van der Waals surface area contributed by atoms with Gasteiger partial charge < -0.3 is 15.5 Å². The number of aliphatic hydroxyl groups is 1. The molecule has 0 saturated heterocycles. The molecule has 3 N–H and O–H groups in total. The van der Waals surface area contributed by atoms with E-state index in [2.05, 4.69) is 10.3 Å². The predicted molar refractivity (Wildman–Crippen MR) is 61.6 cm³/mol. The van der Waals surface area contributed by atoms with E-state index in [1.807, 2.05) is 0 Å². The first-order chi connectivity index (χ1) is 8.16. The third kappa shape index (κ3) is 2.94.